The van der Waals surface area contributed by atoms with Gasteiger partial charge in [-0.05, 0) is 42.0 Å². The molecule has 11 heteroatoms. The molecule has 1 heterocycles. The van der Waals surface area contributed by atoms with Crippen molar-refractivity contribution in [2.45, 2.75) is 10.9 Å². The van der Waals surface area contributed by atoms with E-state index in [0.29, 0.717) is 10.6 Å². The monoisotopic (exact) mass is 512 g/mol. The topological polar surface area (TPSA) is 104 Å². The van der Waals surface area contributed by atoms with Crippen molar-refractivity contribution in [1.29, 1.82) is 0 Å². The number of nitrogens with zero attached hydrogens (tertiary/aromatic N) is 2. The Labute approximate surface area is 202 Å². The number of carbonyl (C=O) groups is 2. The average Bonchev–Trinajstić information content (AvgIpc) is 3.03. The lowest BCUT2D eigenvalue weighted by atomic mass is 9.95. The van der Waals surface area contributed by atoms with E-state index in [1.54, 1.807) is 6.07 Å². The predicted octanol–water partition coefficient (Wildman–Crippen LogP) is 3.31. The Balaban J connectivity index is 2.14. The molecule has 1 fully saturated rings. The normalized spacial score (nSPS) is 18.4. The first-order chi connectivity index (χ1) is 15.5. The van der Waals surface area contributed by atoms with Crippen molar-refractivity contribution in [1.82, 2.24) is 9.21 Å². The van der Waals surface area contributed by atoms with Gasteiger partial charge in [-0.2, -0.15) is 0 Å². The highest BCUT2D eigenvalue weighted by Crippen LogP contribution is 2.40. The Morgan fingerprint density at radius 2 is 1.73 bits per heavy atom. The number of hydrogen-bond donors (Lipinski definition) is 1. The van der Waals surface area contributed by atoms with Crippen molar-refractivity contribution in [2.75, 3.05) is 34.4 Å². The summed E-state index contributed by atoms with van der Waals surface area (Å²) in [5, 5.41) is 11.6. The van der Waals surface area contributed by atoms with E-state index in [9.17, 15) is 23.1 Å². The molecule has 0 spiro atoms. The molecular formula is C22H22Cl2N2O6S. The summed E-state index contributed by atoms with van der Waals surface area (Å²) in [6.45, 7) is 0.269. The molecule has 3 rings (SSSR count). The lowest BCUT2D eigenvalue weighted by Gasteiger charge is -2.25. The number of aliphatic hydroxyl groups is 1. The van der Waals surface area contributed by atoms with Gasteiger partial charge in [0.1, 0.15) is 5.76 Å². The molecule has 33 heavy (non-hydrogen) atoms. The molecule has 0 radical (unpaired) electrons. The maximum atomic E-state index is 12.9. The molecule has 1 N–H and O–H groups in total. The van der Waals surface area contributed by atoms with Crippen LogP contribution in [-0.2, 0) is 24.3 Å². The summed E-state index contributed by atoms with van der Waals surface area (Å²) < 4.78 is 30.8. The summed E-state index contributed by atoms with van der Waals surface area (Å²) in [4.78, 5) is 27.0. The van der Waals surface area contributed by atoms with Gasteiger partial charge in [-0.15, -0.1) is 0 Å². The zero-order chi connectivity index (χ0) is 24.5. The van der Waals surface area contributed by atoms with Crippen LogP contribution in [0.5, 0.6) is 0 Å². The third-order valence-electron chi connectivity index (χ3n) is 5.24. The molecule has 1 amide bonds. The predicted molar refractivity (Wildman–Crippen MR) is 125 cm³/mol. The SMILES string of the molecule is COCCN1C(=O)C(=O)/C(=C(/O)c2ccc(S(=O)(=O)N(C)C)cc2)[C@H]1c1ccc(Cl)c(Cl)c1. The van der Waals surface area contributed by atoms with Crippen LogP contribution in [-0.4, -0.2) is 68.8 Å². The number of methoxy groups -OCH3 is 1. The largest absolute Gasteiger partial charge is 0.507 e. The molecule has 0 bridgehead atoms. The third kappa shape index (κ3) is 4.78. The number of benzene rings is 2. The number of aliphatic hydroxyl groups excluding tert-OH is 1. The summed E-state index contributed by atoms with van der Waals surface area (Å²) in [6.07, 6.45) is 0. The molecule has 0 aromatic heterocycles. The van der Waals surface area contributed by atoms with Gasteiger partial charge < -0.3 is 14.7 Å². The van der Waals surface area contributed by atoms with Gasteiger partial charge in [0.2, 0.25) is 10.0 Å². The fourth-order valence-electron chi connectivity index (χ4n) is 3.48. The van der Waals surface area contributed by atoms with Crippen LogP contribution in [0.25, 0.3) is 5.76 Å². The van der Waals surface area contributed by atoms with Gasteiger partial charge in [0.05, 0.1) is 33.2 Å². The van der Waals surface area contributed by atoms with E-state index in [4.69, 9.17) is 27.9 Å². The molecule has 1 aliphatic rings. The fourth-order valence-corrected chi connectivity index (χ4v) is 4.69. The Kier molecular flexibility index (Phi) is 7.50. The standard InChI is InChI=1S/C22H22Cl2N2O6S/c1-25(2)33(30,31)15-7-4-13(5-8-15)20(27)18-19(14-6-9-16(23)17(24)12-14)26(10-11-32-3)22(29)21(18)28/h4-9,12,19,27H,10-11H2,1-3H3/b20-18+/t19-/m1/s1. The van der Waals surface area contributed by atoms with Crippen LogP contribution < -0.4 is 0 Å². The number of carbonyl (C=O) groups excluding carboxylic acids is 2. The number of rotatable bonds is 7. The minimum Gasteiger partial charge on any atom is -0.507 e. The quantitative estimate of drug-likeness (QED) is 0.346. The van der Waals surface area contributed by atoms with Gasteiger partial charge in [0.25, 0.3) is 11.7 Å². The second kappa shape index (κ2) is 9.82. The zero-order valence-electron chi connectivity index (χ0n) is 18.1. The molecule has 0 saturated carbocycles. The summed E-state index contributed by atoms with van der Waals surface area (Å²) in [7, 11) is 0.601. The molecule has 0 aliphatic carbocycles. The Bertz CT molecular complexity index is 1230. The molecule has 1 saturated heterocycles. The highest BCUT2D eigenvalue weighted by atomic mass is 35.5. The summed E-state index contributed by atoms with van der Waals surface area (Å²) in [5.74, 6) is -2.10. The number of likely N-dealkylation sites (tertiary alicyclic amines) is 1. The van der Waals surface area contributed by atoms with Crippen LogP contribution in [0.1, 0.15) is 17.2 Å². The number of sulfonamides is 1. The van der Waals surface area contributed by atoms with Crippen LogP contribution in [0.15, 0.2) is 52.9 Å². The van der Waals surface area contributed by atoms with Gasteiger partial charge in [-0.1, -0.05) is 29.3 Å². The van der Waals surface area contributed by atoms with Gasteiger partial charge in [0.15, 0.2) is 0 Å². The van der Waals surface area contributed by atoms with E-state index >= 15 is 0 Å². The molecule has 2 aromatic carbocycles. The number of hydrogen-bond acceptors (Lipinski definition) is 6. The molecule has 1 atom stereocenters. The lowest BCUT2D eigenvalue weighted by molar-refractivity contribution is -0.140. The molecule has 0 unspecified atom stereocenters. The van der Waals surface area contributed by atoms with Crippen molar-refractivity contribution < 1.29 is 27.9 Å². The minimum atomic E-state index is -3.67. The van der Waals surface area contributed by atoms with Gasteiger partial charge in [-0.3, -0.25) is 9.59 Å². The molecular weight excluding hydrogens is 491 g/mol. The zero-order valence-corrected chi connectivity index (χ0v) is 20.4. The number of ether oxygens (including phenoxy) is 1. The molecule has 1 aliphatic heterocycles. The van der Waals surface area contributed by atoms with E-state index in [1.165, 1.54) is 62.5 Å². The van der Waals surface area contributed by atoms with Crippen LogP contribution in [0.2, 0.25) is 10.0 Å². The van der Waals surface area contributed by atoms with Crippen molar-refractivity contribution >= 4 is 50.7 Å². The van der Waals surface area contributed by atoms with Gasteiger partial charge >= 0.3 is 0 Å². The van der Waals surface area contributed by atoms with Gasteiger partial charge in [0, 0.05) is 33.3 Å². The van der Waals surface area contributed by atoms with E-state index in [1.807, 2.05) is 0 Å². The van der Waals surface area contributed by atoms with Crippen molar-refractivity contribution in [3.63, 3.8) is 0 Å². The van der Waals surface area contributed by atoms with Gasteiger partial charge in [-0.25, -0.2) is 12.7 Å². The Morgan fingerprint density at radius 1 is 1.09 bits per heavy atom. The Hall–Kier alpha value is -2.43. The second-order valence-electron chi connectivity index (χ2n) is 7.47. The lowest BCUT2D eigenvalue weighted by Crippen LogP contribution is -2.32. The van der Waals surface area contributed by atoms with Crippen molar-refractivity contribution in [3.05, 3.63) is 69.2 Å². The van der Waals surface area contributed by atoms with E-state index < -0.39 is 33.5 Å². The smallest absolute Gasteiger partial charge is 0.295 e. The number of Topliss-reactive ketones (excluding diaryl/α,β-unsaturated/α-hetero) is 1. The summed E-state index contributed by atoms with van der Waals surface area (Å²) >= 11 is 12.2. The average molecular weight is 513 g/mol. The van der Waals surface area contributed by atoms with Crippen LogP contribution in [0, 0.1) is 0 Å². The molecule has 176 valence electrons. The summed E-state index contributed by atoms with van der Waals surface area (Å²) in [6, 6.07) is 9.14. The van der Waals surface area contributed by atoms with E-state index in [-0.39, 0.29) is 34.2 Å². The van der Waals surface area contributed by atoms with E-state index in [0.717, 1.165) is 4.31 Å². The first-order valence-electron chi connectivity index (χ1n) is 9.76. The maximum Gasteiger partial charge on any atom is 0.295 e. The third-order valence-corrected chi connectivity index (χ3v) is 7.81. The maximum absolute atomic E-state index is 12.9. The summed E-state index contributed by atoms with van der Waals surface area (Å²) in [5.41, 5.74) is 0.522. The van der Waals surface area contributed by atoms with E-state index in [2.05, 4.69) is 0 Å². The fraction of sp³-hybridized carbons (Fsp3) is 0.273. The number of amides is 1. The first-order valence-corrected chi connectivity index (χ1v) is 12.0. The van der Waals surface area contributed by atoms with Crippen molar-refractivity contribution in [3.8, 4) is 0 Å². The van der Waals surface area contributed by atoms with Crippen molar-refractivity contribution in [2.24, 2.45) is 0 Å². The highest BCUT2D eigenvalue weighted by Gasteiger charge is 2.46. The first kappa shape index (κ1) is 25.2. The Morgan fingerprint density at radius 3 is 2.27 bits per heavy atom. The highest BCUT2D eigenvalue weighted by molar-refractivity contribution is 7.89. The minimum absolute atomic E-state index is 0.0191. The molecule has 8 nitrogen and oxygen atoms in total. The van der Waals surface area contributed by atoms with Crippen LogP contribution in [0.4, 0.5) is 0 Å². The number of ketones is 1. The van der Waals surface area contributed by atoms with Crippen LogP contribution >= 0.6 is 23.2 Å². The number of halogens is 2. The van der Waals surface area contributed by atoms with Crippen LogP contribution in [0.3, 0.4) is 0 Å². The molecule has 2 aromatic rings. The second-order valence-corrected chi connectivity index (χ2v) is 10.4.